The van der Waals surface area contributed by atoms with Crippen molar-refractivity contribution in [2.75, 3.05) is 5.32 Å². The monoisotopic (exact) mass is 276 g/mol. The highest BCUT2D eigenvalue weighted by atomic mass is 32.2. The van der Waals surface area contributed by atoms with E-state index in [1.165, 1.54) is 28.7 Å². The molecule has 18 heavy (non-hydrogen) atoms. The zero-order valence-corrected chi connectivity index (χ0v) is 11.5. The molecule has 92 valence electrons. The van der Waals surface area contributed by atoms with E-state index in [0.29, 0.717) is 0 Å². The van der Waals surface area contributed by atoms with Gasteiger partial charge in [-0.25, -0.2) is 0 Å². The van der Waals surface area contributed by atoms with E-state index >= 15 is 0 Å². The summed E-state index contributed by atoms with van der Waals surface area (Å²) in [6.07, 6.45) is 0. The highest BCUT2D eigenvalue weighted by Gasteiger charge is 2.08. The summed E-state index contributed by atoms with van der Waals surface area (Å²) < 4.78 is 0.819. The minimum absolute atomic E-state index is 0.0973. The lowest BCUT2D eigenvalue weighted by Gasteiger charge is -2.01. The van der Waals surface area contributed by atoms with Crippen LogP contribution < -0.4 is 5.32 Å². The van der Waals surface area contributed by atoms with Gasteiger partial charge in [0.15, 0.2) is 4.34 Å². The molecular weight excluding hydrogens is 264 g/mol. The van der Waals surface area contributed by atoms with Crippen LogP contribution in [0.1, 0.15) is 12.5 Å². The first-order chi connectivity index (χ1) is 8.78. The topological polar surface area (TPSA) is 61.6 Å². The fraction of sp³-hybridized carbons (Fsp3) is 0.250. The number of hydrogen-bond donors (Lipinski definition) is 1. The van der Waals surface area contributed by atoms with Crippen LogP contribution in [0.2, 0.25) is 0 Å². The van der Waals surface area contributed by atoms with Crippen LogP contribution in [-0.2, 0) is 6.54 Å². The van der Waals surface area contributed by atoms with Gasteiger partial charge in [-0.3, -0.25) is 0 Å². The second-order valence-corrected chi connectivity index (χ2v) is 6.17. The molecule has 6 heteroatoms. The van der Waals surface area contributed by atoms with Gasteiger partial charge in [0.05, 0.1) is 11.3 Å². The molecule has 0 saturated heterocycles. The van der Waals surface area contributed by atoms with Gasteiger partial charge < -0.3 is 5.32 Å². The summed E-state index contributed by atoms with van der Waals surface area (Å²) in [6, 6.07) is 12.3. The van der Waals surface area contributed by atoms with Gasteiger partial charge in [0.25, 0.3) is 0 Å². The Labute approximate surface area is 114 Å². The molecule has 2 rings (SSSR count). The number of nitrogens with one attached hydrogen (secondary N) is 1. The number of anilines is 1. The Morgan fingerprint density at radius 3 is 2.89 bits per heavy atom. The van der Waals surface area contributed by atoms with Gasteiger partial charge in [-0.1, -0.05) is 53.4 Å². The van der Waals surface area contributed by atoms with Gasteiger partial charge in [-0.15, -0.1) is 10.2 Å². The summed E-state index contributed by atoms with van der Waals surface area (Å²) >= 11 is 2.90. The van der Waals surface area contributed by atoms with Crippen molar-refractivity contribution in [2.45, 2.75) is 23.1 Å². The van der Waals surface area contributed by atoms with Crippen LogP contribution in [0, 0.1) is 11.3 Å². The Bertz CT molecular complexity index is 533. The summed E-state index contributed by atoms with van der Waals surface area (Å²) in [5.74, 6) is 0. The quantitative estimate of drug-likeness (QED) is 0.850. The predicted molar refractivity (Wildman–Crippen MR) is 74.6 cm³/mol. The van der Waals surface area contributed by atoms with Gasteiger partial charge in [0.2, 0.25) is 5.13 Å². The van der Waals surface area contributed by atoms with Crippen LogP contribution in [0.15, 0.2) is 34.7 Å². The smallest absolute Gasteiger partial charge is 0.206 e. The number of hydrogen-bond acceptors (Lipinski definition) is 6. The first-order valence-corrected chi connectivity index (χ1v) is 7.15. The van der Waals surface area contributed by atoms with E-state index in [1.54, 1.807) is 0 Å². The van der Waals surface area contributed by atoms with Crippen LogP contribution in [0.25, 0.3) is 0 Å². The lowest BCUT2D eigenvalue weighted by Crippen LogP contribution is -1.98. The lowest BCUT2D eigenvalue weighted by atomic mass is 10.2. The number of benzene rings is 1. The first kappa shape index (κ1) is 12.9. The van der Waals surface area contributed by atoms with E-state index in [2.05, 4.69) is 33.7 Å². The Morgan fingerprint density at radius 2 is 2.17 bits per heavy atom. The number of thioether (sulfide) groups is 1. The van der Waals surface area contributed by atoms with E-state index in [4.69, 9.17) is 5.26 Å². The van der Waals surface area contributed by atoms with Crippen molar-refractivity contribution in [1.29, 1.82) is 5.26 Å². The van der Waals surface area contributed by atoms with Gasteiger partial charge >= 0.3 is 0 Å². The predicted octanol–water partition coefficient (Wildman–Crippen LogP) is 3.15. The molecule has 0 saturated carbocycles. The maximum absolute atomic E-state index is 8.72. The number of aromatic nitrogens is 2. The summed E-state index contributed by atoms with van der Waals surface area (Å²) in [7, 11) is 0. The molecule has 0 aliphatic rings. The summed E-state index contributed by atoms with van der Waals surface area (Å²) in [4.78, 5) is 0. The third-order valence-corrected chi connectivity index (χ3v) is 4.11. The maximum atomic E-state index is 8.72. The van der Waals surface area contributed by atoms with Crippen molar-refractivity contribution in [3.8, 4) is 6.07 Å². The van der Waals surface area contributed by atoms with Crippen molar-refractivity contribution in [3.63, 3.8) is 0 Å². The molecule has 0 spiro atoms. The van der Waals surface area contributed by atoms with Crippen LogP contribution >= 0.6 is 23.1 Å². The molecule has 0 bridgehead atoms. The normalized spacial score (nSPS) is 11.8. The average molecular weight is 276 g/mol. The molecule has 1 aromatic heterocycles. The van der Waals surface area contributed by atoms with Crippen molar-refractivity contribution >= 4 is 28.2 Å². The third-order valence-electron chi connectivity index (χ3n) is 2.15. The summed E-state index contributed by atoms with van der Waals surface area (Å²) in [6.45, 7) is 2.58. The molecule has 0 fully saturated rings. The van der Waals surface area contributed by atoms with Crippen molar-refractivity contribution in [1.82, 2.24) is 10.2 Å². The van der Waals surface area contributed by atoms with E-state index < -0.39 is 0 Å². The molecule has 0 aliphatic heterocycles. The molecule has 0 amide bonds. The van der Waals surface area contributed by atoms with Gasteiger partial charge in [0.1, 0.15) is 0 Å². The molecular formula is C12H12N4S2. The van der Waals surface area contributed by atoms with Crippen LogP contribution in [-0.4, -0.2) is 15.4 Å². The Kier molecular flexibility index (Phi) is 4.56. The third kappa shape index (κ3) is 3.72. The molecule has 1 atom stereocenters. The number of nitrogens with zero attached hydrogens (tertiary/aromatic N) is 3. The molecule has 4 nitrogen and oxygen atoms in total. The number of nitriles is 1. The Morgan fingerprint density at radius 1 is 1.39 bits per heavy atom. The molecule has 0 unspecified atom stereocenters. The lowest BCUT2D eigenvalue weighted by molar-refractivity contribution is 0.993. The molecule has 1 heterocycles. The van der Waals surface area contributed by atoms with Crippen LogP contribution in [0.3, 0.4) is 0 Å². The second-order valence-electron chi connectivity index (χ2n) is 3.60. The van der Waals surface area contributed by atoms with Crippen molar-refractivity contribution < 1.29 is 0 Å². The Balaban J connectivity index is 1.89. The molecule has 2 aromatic rings. The second kappa shape index (κ2) is 6.38. The van der Waals surface area contributed by atoms with Gasteiger partial charge in [0, 0.05) is 6.54 Å². The van der Waals surface area contributed by atoms with Gasteiger partial charge in [-0.2, -0.15) is 5.26 Å². The van der Waals surface area contributed by atoms with Crippen LogP contribution in [0.5, 0.6) is 0 Å². The summed E-state index contributed by atoms with van der Waals surface area (Å²) in [5.41, 5.74) is 1.20. The van der Waals surface area contributed by atoms with E-state index in [0.717, 1.165) is 16.0 Å². The van der Waals surface area contributed by atoms with E-state index in [-0.39, 0.29) is 5.25 Å². The minimum atomic E-state index is -0.0973. The molecule has 1 aromatic carbocycles. The average Bonchev–Trinajstić information content (AvgIpc) is 2.85. The van der Waals surface area contributed by atoms with Crippen LogP contribution in [0.4, 0.5) is 5.13 Å². The van der Waals surface area contributed by atoms with Crippen molar-refractivity contribution in [3.05, 3.63) is 35.9 Å². The Hall–Kier alpha value is -1.58. The molecule has 0 aliphatic carbocycles. The SMILES string of the molecule is C[C@H](C#N)Sc1nnc(NCc2ccccc2)s1. The van der Waals surface area contributed by atoms with E-state index in [1.807, 2.05) is 25.1 Å². The highest BCUT2D eigenvalue weighted by molar-refractivity contribution is 8.01. The van der Waals surface area contributed by atoms with Gasteiger partial charge in [-0.05, 0) is 12.5 Å². The highest BCUT2D eigenvalue weighted by Crippen LogP contribution is 2.28. The molecule has 1 N–H and O–H groups in total. The zero-order valence-electron chi connectivity index (χ0n) is 9.83. The fourth-order valence-electron chi connectivity index (χ4n) is 1.28. The largest absolute Gasteiger partial charge is 0.356 e. The summed E-state index contributed by atoms with van der Waals surface area (Å²) in [5, 5.41) is 20.7. The molecule has 0 radical (unpaired) electrons. The zero-order chi connectivity index (χ0) is 12.8. The first-order valence-electron chi connectivity index (χ1n) is 5.45. The van der Waals surface area contributed by atoms with Crippen molar-refractivity contribution in [2.24, 2.45) is 0 Å². The maximum Gasteiger partial charge on any atom is 0.206 e. The number of rotatable bonds is 5. The van der Waals surface area contributed by atoms with E-state index in [9.17, 15) is 0 Å². The standard InChI is InChI=1S/C12H12N4S2/c1-9(7-13)17-12-16-15-11(18-12)14-8-10-5-3-2-4-6-10/h2-6,9H,8H2,1H3,(H,14,15)/t9-/m1/s1. The fourth-order valence-corrected chi connectivity index (χ4v) is 3.06. The minimum Gasteiger partial charge on any atom is -0.356 e.